The Balaban J connectivity index is 2.43. The molecule has 64 valence electrons. The van der Waals surface area contributed by atoms with Gasteiger partial charge in [-0.05, 0) is 18.1 Å². The molecule has 0 saturated carbocycles. The van der Waals surface area contributed by atoms with E-state index in [1.807, 2.05) is 6.07 Å². The lowest BCUT2D eigenvalue weighted by atomic mass is 10.0. The number of aryl methyl sites for hydroxylation is 1. The Hall–Kier alpha value is -1.02. The van der Waals surface area contributed by atoms with Crippen molar-refractivity contribution in [3.63, 3.8) is 0 Å². The highest BCUT2D eigenvalue weighted by Gasteiger charge is 2.19. The highest BCUT2D eigenvalue weighted by molar-refractivity contribution is 5.42. The highest BCUT2D eigenvalue weighted by atomic mass is 16.5. The van der Waals surface area contributed by atoms with Crippen molar-refractivity contribution in [2.75, 3.05) is 6.61 Å². The molecule has 0 aliphatic carbocycles. The van der Waals surface area contributed by atoms with Crippen LogP contribution in [-0.2, 0) is 6.42 Å². The molecule has 1 aliphatic heterocycles. The normalized spacial score (nSPS) is 20.3. The molecule has 0 fully saturated rings. The van der Waals surface area contributed by atoms with Crippen molar-refractivity contribution in [1.82, 2.24) is 0 Å². The molecule has 0 aromatic heterocycles. The third-order valence-electron chi connectivity index (χ3n) is 2.30. The van der Waals surface area contributed by atoms with Crippen molar-refractivity contribution in [2.24, 2.45) is 5.73 Å². The van der Waals surface area contributed by atoms with Gasteiger partial charge >= 0.3 is 0 Å². The maximum atomic E-state index is 5.84. The summed E-state index contributed by atoms with van der Waals surface area (Å²) in [6.45, 7) is 2.77. The Morgan fingerprint density at radius 1 is 1.58 bits per heavy atom. The second-order valence-electron chi connectivity index (χ2n) is 3.14. The SMILES string of the molecule is CCc1ccc2c(c1)[C@@H](N)CO2. The van der Waals surface area contributed by atoms with Gasteiger partial charge in [0.05, 0.1) is 6.04 Å². The average Bonchev–Trinajstić information content (AvgIpc) is 2.47. The van der Waals surface area contributed by atoms with Gasteiger partial charge in [-0.15, -0.1) is 0 Å². The van der Waals surface area contributed by atoms with E-state index < -0.39 is 0 Å². The predicted molar refractivity (Wildman–Crippen MR) is 48.2 cm³/mol. The molecule has 0 radical (unpaired) electrons. The van der Waals surface area contributed by atoms with Crippen LogP contribution in [0.5, 0.6) is 5.75 Å². The Labute approximate surface area is 72.3 Å². The van der Waals surface area contributed by atoms with Gasteiger partial charge in [0.15, 0.2) is 0 Å². The number of benzene rings is 1. The first-order valence-corrected chi connectivity index (χ1v) is 4.32. The predicted octanol–water partition coefficient (Wildman–Crippen LogP) is 1.64. The van der Waals surface area contributed by atoms with Gasteiger partial charge in [0.25, 0.3) is 0 Å². The van der Waals surface area contributed by atoms with Crippen LogP contribution in [0.2, 0.25) is 0 Å². The van der Waals surface area contributed by atoms with Crippen molar-refractivity contribution in [3.05, 3.63) is 29.3 Å². The topological polar surface area (TPSA) is 35.2 Å². The van der Waals surface area contributed by atoms with Crippen molar-refractivity contribution in [1.29, 1.82) is 0 Å². The van der Waals surface area contributed by atoms with Crippen LogP contribution < -0.4 is 10.5 Å². The van der Waals surface area contributed by atoms with Crippen LogP contribution in [0.4, 0.5) is 0 Å². The van der Waals surface area contributed by atoms with Crippen molar-refractivity contribution in [3.8, 4) is 5.75 Å². The minimum atomic E-state index is 0.0755. The number of hydrogen-bond acceptors (Lipinski definition) is 2. The number of ether oxygens (including phenoxy) is 1. The molecule has 2 rings (SSSR count). The summed E-state index contributed by atoms with van der Waals surface area (Å²) >= 11 is 0. The number of fused-ring (bicyclic) bond motifs is 1. The summed E-state index contributed by atoms with van der Waals surface area (Å²) < 4.78 is 5.39. The quantitative estimate of drug-likeness (QED) is 0.683. The van der Waals surface area contributed by atoms with Gasteiger partial charge in [-0.2, -0.15) is 0 Å². The Bertz CT molecular complexity index is 296. The Kier molecular flexibility index (Phi) is 1.77. The van der Waals surface area contributed by atoms with Gasteiger partial charge in [0.2, 0.25) is 0 Å². The van der Waals surface area contributed by atoms with E-state index in [9.17, 15) is 0 Å². The van der Waals surface area contributed by atoms with Gasteiger partial charge in [-0.1, -0.05) is 19.1 Å². The molecule has 1 aliphatic rings. The number of hydrogen-bond donors (Lipinski definition) is 1. The molecule has 0 saturated heterocycles. The molecule has 0 amide bonds. The zero-order valence-electron chi connectivity index (χ0n) is 7.21. The standard InChI is InChI=1S/C10H13NO/c1-2-7-3-4-10-8(5-7)9(11)6-12-10/h3-5,9H,2,6,11H2,1H3/t9-/m0/s1. The van der Waals surface area contributed by atoms with Gasteiger partial charge < -0.3 is 10.5 Å². The third-order valence-corrected chi connectivity index (χ3v) is 2.30. The van der Waals surface area contributed by atoms with Crippen molar-refractivity contribution < 1.29 is 4.74 Å². The van der Waals surface area contributed by atoms with E-state index in [0.29, 0.717) is 6.61 Å². The van der Waals surface area contributed by atoms with E-state index in [0.717, 1.165) is 17.7 Å². The molecular formula is C10H13NO. The smallest absolute Gasteiger partial charge is 0.124 e. The van der Waals surface area contributed by atoms with Crippen molar-refractivity contribution >= 4 is 0 Å². The van der Waals surface area contributed by atoms with Gasteiger partial charge in [-0.3, -0.25) is 0 Å². The van der Waals surface area contributed by atoms with Crippen LogP contribution in [0.15, 0.2) is 18.2 Å². The van der Waals surface area contributed by atoms with E-state index in [1.54, 1.807) is 0 Å². The van der Waals surface area contributed by atoms with Gasteiger partial charge in [-0.25, -0.2) is 0 Å². The number of nitrogens with two attached hydrogens (primary N) is 1. The van der Waals surface area contributed by atoms with E-state index in [-0.39, 0.29) is 6.04 Å². The van der Waals surface area contributed by atoms with Gasteiger partial charge in [0, 0.05) is 5.56 Å². The zero-order valence-corrected chi connectivity index (χ0v) is 7.21. The molecule has 1 atom stereocenters. The number of rotatable bonds is 1. The van der Waals surface area contributed by atoms with Crippen LogP contribution >= 0.6 is 0 Å². The van der Waals surface area contributed by atoms with Gasteiger partial charge in [0.1, 0.15) is 12.4 Å². The lowest BCUT2D eigenvalue weighted by molar-refractivity contribution is 0.333. The summed E-state index contributed by atoms with van der Waals surface area (Å²) in [6, 6.07) is 6.33. The van der Waals surface area contributed by atoms with E-state index >= 15 is 0 Å². The van der Waals surface area contributed by atoms with Crippen LogP contribution in [0, 0.1) is 0 Å². The summed E-state index contributed by atoms with van der Waals surface area (Å²) in [4.78, 5) is 0. The average molecular weight is 163 g/mol. The van der Waals surface area contributed by atoms with Crippen LogP contribution in [0.25, 0.3) is 0 Å². The van der Waals surface area contributed by atoms with Crippen LogP contribution in [-0.4, -0.2) is 6.61 Å². The molecule has 2 nitrogen and oxygen atoms in total. The fourth-order valence-corrected chi connectivity index (χ4v) is 1.51. The van der Waals surface area contributed by atoms with Crippen LogP contribution in [0.3, 0.4) is 0 Å². The van der Waals surface area contributed by atoms with E-state index in [2.05, 4.69) is 19.1 Å². The summed E-state index contributed by atoms with van der Waals surface area (Å²) in [6.07, 6.45) is 1.06. The second-order valence-corrected chi connectivity index (χ2v) is 3.14. The van der Waals surface area contributed by atoms with E-state index in [1.165, 1.54) is 5.56 Å². The molecule has 1 aromatic carbocycles. The minimum Gasteiger partial charge on any atom is -0.491 e. The largest absolute Gasteiger partial charge is 0.491 e. The zero-order chi connectivity index (χ0) is 8.55. The Morgan fingerprint density at radius 3 is 3.17 bits per heavy atom. The maximum Gasteiger partial charge on any atom is 0.124 e. The van der Waals surface area contributed by atoms with E-state index in [4.69, 9.17) is 10.5 Å². The summed E-state index contributed by atoms with van der Waals surface area (Å²) in [5.41, 5.74) is 8.33. The fraction of sp³-hybridized carbons (Fsp3) is 0.400. The minimum absolute atomic E-state index is 0.0755. The highest BCUT2D eigenvalue weighted by Crippen LogP contribution is 2.31. The maximum absolute atomic E-state index is 5.84. The first-order chi connectivity index (χ1) is 5.81. The third kappa shape index (κ3) is 1.08. The molecule has 12 heavy (non-hydrogen) atoms. The first-order valence-electron chi connectivity index (χ1n) is 4.32. The monoisotopic (exact) mass is 163 g/mol. The summed E-state index contributed by atoms with van der Waals surface area (Å²) in [5.74, 6) is 0.958. The molecule has 2 N–H and O–H groups in total. The molecule has 1 aromatic rings. The second kappa shape index (κ2) is 2.79. The molecule has 0 bridgehead atoms. The lowest BCUT2D eigenvalue weighted by Crippen LogP contribution is -2.10. The first kappa shape index (κ1) is 7.62. The lowest BCUT2D eigenvalue weighted by Gasteiger charge is -2.02. The molecular weight excluding hydrogens is 150 g/mol. The van der Waals surface area contributed by atoms with Crippen LogP contribution in [0.1, 0.15) is 24.1 Å². The molecule has 0 unspecified atom stereocenters. The molecule has 2 heteroatoms. The molecule has 0 spiro atoms. The van der Waals surface area contributed by atoms with Crippen molar-refractivity contribution in [2.45, 2.75) is 19.4 Å². The summed E-state index contributed by atoms with van der Waals surface area (Å²) in [5, 5.41) is 0. The molecule has 1 heterocycles. The summed E-state index contributed by atoms with van der Waals surface area (Å²) in [7, 11) is 0. The Morgan fingerprint density at radius 2 is 2.42 bits per heavy atom. The fourth-order valence-electron chi connectivity index (χ4n) is 1.51.